The van der Waals surface area contributed by atoms with Gasteiger partial charge in [-0.1, -0.05) is 12.2 Å². The van der Waals surface area contributed by atoms with E-state index in [4.69, 9.17) is 22.7 Å². The molecule has 14 heavy (non-hydrogen) atoms. The molecule has 0 unspecified atom stereocenters. The normalized spacial score (nSPS) is 16.1. The Morgan fingerprint density at radius 2 is 2.21 bits per heavy atom. The van der Waals surface area contributed by atoms with Crippen molar-refractivity contribution in [1.29, 1.82) is 0 Å². The lowest BCUT2D eigenvalue weighted by Gasteiger charge is -2.21. The molecule has 4 heteroatoms. The molecular formula is C10H20N2OS. The third kappa shape index (κ3) is 4.88. The summed E-state index contributed by atoms with van der Waals surface area (Å²) < 4.78 is 5.04. The zero-order valence-electron chi connectivity index (χ0n) is 8.87. The van der Waals surface area contributed by atoms with Gasteiger partial charge in [0.15, 0.2) is 0 Å². The van der Waals surface area contributed by atoms with Crippen LogP contribution in [0.3, 0.4) is 0 Å². The first kappa shape index (κ1) is 11.9. The maximum absolute atomic E-state index is 5.50. The van der Waals surface area contributed by atoms with Crippen molar-refractivity contribution < 1.29 is 4.74 Å². The number of hydrogen-bond donors (Lipinski definition) is 1. The van der Waals surface area contributed by atoms with E-state index < -0.39 is 0 Å². The first-order valence-corrected chi connectivity index (χ1v) is 5.66. The Morgan fingerprint density at radius 3 is 2.71 bits per heavy atom. The van der Waals surface area contributed by atoms with Gasteiger partial charge < -0.3 is 10.5 Å². The Balaban J connectivity index is 2.14. The largest absolute Gasteiger partial charge is 0.393 e. The SMILES string of the molecule is COCCCN(CCC(N)=S)C1CC1. The molecule has 0 aromatic heterocycles. The molecule has 1 aliphatic carbocycles. The average Bonchev–Trinajstić information content (AvgIpc) is 2.94. The van der Waals surface area contributed by atoms with Crippen LogP contribution in [0.15, 0.2) is 0 Å². The van der Waals surface area contributed by atoms with Crippen LogP contribution in [0.4, 0.5) is 0 Å². The van der Waals surface area contributed by atoms with Crippen LogP contribution in [-0.2, 0) is 4.74 Å². The molecule has 1 saturated carbocycles. The number of rotatable bonds is 8. The summed E-state index contributed by atoms with van der Waals surface area (Å²) in [5, 5.41) is 0. The minimum Gasteiger partial charge on any atom is -0.393 e. The predicted octanol–water partition coefficient (Wildman–Crippen LogP) is 1.16. The lowest BCUT2D eigenvalue weighted by molar-refractivity contribution is 0.170. The van der Waals surface area contributed by atoms with E-state index in [1.807, 2.05) is 0 Å². The summed E-state index contributed by atoms with van der Waals surface area (Å²) in [4.78, 5) is 3.11. The molecule has 3 nitrogen and oxygen atoms in total. The smallest absolute Gasteiger partial charge is 0.0740 e. The molecule has 82 valence electrons. The van der Waals surface area contributed by atoms with Gasteiger partial charge >= 0.3 is 0 Å². The van der Waals surface area contributed by atoms with Crippen LogP contribution in [-0.4, -0.2) is 42.7 Å². The van der Waals surface area contributed by atoms with E-state index in [-0.39, 0.29) is 0 Å². The second-order valence-corrected chi connectivity index (χ2v) is 4.35. The molecule has 0 atom stereocenters. The molecule has 0 amide bonds. The van der Waals surface area contributed by atoms with Gasteiger partial charge in [0.1, 0.15) is 0 Å². The second-order valence-electron chi connectivity index (χ2n) is 3.83. The van der Waals surface area contributed by atoms with Gasteiger partial charge in [-0.3, -0.25) is 4.90 Å². The van der Waals surface area contributed by atoms with Crippen LogP contribution in [0.1, 0.15) is 25.7 Å². The van der Waals surface area contributed by atoms with Gasteiger partial charge in [0.2, 0.25) is 0 Å². The first-order valence-electron chi connectivity index (χ1n) is 5.25. The van der Waals surface area contributed by atoms with Crippen molar-refractivity contribution in [2.45, 2.75) is 31.7 Å². The topological polar surface area (TPSA) is 38.5 Å². The highest BCUT2D eigenvalue weighted by molar-refractivity contribution is 7.80. The molecule has 0 spiro atoms. The zero-order chi connectivity index (χ0) is 10.4. The van der Waals surface area contributed by atoms with Crippen LogP contribution >= 0.6 is 12.2 Å². The standard InChI is InChI=1S/C10H20N2OS/c1-13-8-2-6-12(9-3-4-9)7-5-10(11)14/h9H,2-8H2,1H3,(H2,11,14). The van der Waals surface area contributed by atoms with Crippen molar-refractivity contribution in [2.75, 3.05) is 26.8 Å². The maximum atomic E-state index is 5.50. The molecule has 1 fully saturated rings. The summed E-state index contributed by atoms with van der Waals surface area (Å²) in [5.41, 5.74) is 5.50. The second kappa shape index (κ2) is 6.32. The summed E-state index contributed by atoms with van der Waals surface area (Å²) in [6.07, 6.45) is 4.62. The van der Waals surface area contributed by atoms with Crippen molar-refractivity contribution in [3.63, 3.8) is 0 Å². The van der Waals surface area contributed by atoms with Crippen LogP contribution in [0.5, 0.6) is 0 Å². The summed E-state index contributed by atoms with van der Waals surface area (Å²) in [6, 6.07) is 0.793. The van der Waals surface area contributed by atoms with Gasteiger partial charge in [0.25, 0.3) is 0 Å². The summed E-state index contributed by atoms with van der Waals surface area (Å²) in [6.45, 7) is 2.97. The monoisotopic (exact) mass is 216 g/mol. The Morgan fingerprint density at radius 1 is 1.50 bits per heavy atom. The fourth-order valence-corrected chi connectivity index (χ4v) is 1.67. The number of thiocarbonyl (C=S) groups is 1. The van der Waals surface area contributed by atoms with Gasteiger partial charge in [0, 0.05) is 39.3 Å². The number of nitrogens with two attached hydrogens (primary N) is 1. The summed E-state index contributed by atoms with van der Waals surface area (Å²) in [5.74, 6) is 0. The molecular weight excluding hydrogens is 196 g/mol. The average molecular weight is 216 g/mol. The minimum absolute atomic E-state index is 0.627. The zero-order valence-corrected chi connectivity index (χ0v) is 9.68. The van der Waals surface area contributed by atoms with Crippen LogP contribution in [0.2, 0.25) is 0 Å². The minimum atomic E-state index is 0.627. The highest BCUT2D eigenvalue weighted by Crippen LogP contribution is 2.26. The molecule has 2 N–H and O–H groups in total. The lowest BCUT2D eigenvalue weighted by atomic mass is 10.3. The Labute approximate surface area is 91.6 Å². The van der Waals surface area contributed by atoms with Gasteiger partial charge in [0.05, 0.1) is 4.99 Å². The lowest BCUT2D eigenvalue weighted by Crippen LogP contribution is -2.31. The van der Waals surface area contributed by atoms with E-state index in [0.29, 0.717) is 4.99 Å². The molecule has 0 aromatic rings. The first-order chi connectivity index (χ1) is 6.74. The Hall–Kier alpha value is -0.190. The van der Waals surface area contributed by atoms with E-state index in [9.17, 15) is 0 Å². The Kier molecular flexibility index (Phi) is 5.37. The van der Waals surface area contributed by atoms with Crippen LogP contribution in [0, 0.1) is 0 Å². The van der Waals surface area contributed by atoms with Gasteiger partial charge in [-0.05, 0) is 19.3 Å². The number of ether oxygens (including phenoxy) is 1. The fraction of sp³-hybridized carbons (Fsp3) is 0.900. The highest BCUT2D eigenvalue weighted by Gasteiger charge is 2.27. The number of methoxy groups -OCH3 is 1. The van der Waals surface area contributed by atoms with Gasteiger partial charge in [-0.25, -0.2) is 0 Å². The predicted molar refractivity (Wildman–Crippen MR) is 62.5 cm³/mol. The van der Waals surface area contributed by atoms with Crippen LogP contribution < -0.4 is 5.73 Å². The third-order valence-corrected chi connectivity index (χ3v) is 2.71. The third-order valence-electron chi connectivity index (χ3n) is 2.50. The van der Waals surface area contributed by atoms with Crippen molar-refractivity contribution in [1.82, 2.24) is 4.90 Å². The van der Waals surface area contributed by atoms with E-state index in [0.717, 1.165) is 38.6 Å². The molecule has 0 aromatic carbocycles. The van der Waals surface area contributed by atoms with E-state index in [1.54, 1.807) is 7.11 Å². The van der Waals surface area contributed by atoms with E-state index in [2.05, 4.69) is 4.90 Å². The van der Waals surface area contributed by atoms with E-state index in [1.165, 1.54) is 12.8 Å². The quantitative estimate of drug-likeness (QED) is 0.488. The van der Waals surface area contributed by atoms with Crippen molar-refractivity contribution >= 4 is 17.2 Å². The fourth-order valence-electron chi connectivity index (χ4n) is 1.58. The van der Waals surface area contributed by atoms with Gasteiger partial charge in [-0.2, -0.15) is 0 Å². The summed E-state index contributed by atoms with van der Waals surface area (Å²) in [7, 11) is 1.75. The molecule has 0 radical (unpaired) electrons. The van der Waals surface area contributed by atoms with Crippen LogP contribution in [0.25, 0.3) is 0 Å². The maximum Gasteiger partial charge on any atom is 0.0740 e. The van der Waals surface area contributed by atoms with Gasteiger partial charge in [-0.15, -0.1) is 0 Å². The molecule has 0 aliphatic heterocycles. The summed E-state index contributed by atoms with van der Waals surface area (Å²) >= 11 is 4.88. The van der Waals surface area contributed by atoms with Crippen molar-refractivity contribution in [2.24, 2.45) is 5.73 Å². The molecule has 1 aliphatic rings. The molecule has 0 heterocycles. The van der Waals surface area contributed by atoms with E-state index >= 15 is 0 Å². The number of nitrogens with zero attached hydrogens (tertiary/aromatic N) is 1. The molecule has 0 bridgehead atoms. The number of hydrogen-bond acceptors (Lipinski definition) is 3. The molecule has 1 rings (SSSR count). The highest BCUT2D eigenvalue weighted by atomic mass is 32.1. The van der Waals surface area contributed by atoms with Crippen molar-refractivity contribution in [3.8, 4) is 0 Å². The van der Waals surface area contributed by atoms with Crippen molar-refractivity contribution in [3.05, 3.63) is 0 Å². The Bertz CT molecular complexity index is 183. The molecule has 0 saturated heterocycles.